The molecule has 0 radical (unpaired) electrons. The molecule has 1 aromatic heterocycles. The number of halogens is 1. The van der Waals surface area contributed by atoms with E-state index < -0.39 is 9.05 Å². The van der Waals surface area contributed by atoms with Gasteiger partial charge >= 0.3 is 0 Å². The van der Waals surface area contributed by atoms with Gasteiger partial charge in [-0.15, -0.1) is 0 Å². The zero-order valence-electron chi connectivity index (χ0n) is 9.25. The van der Waals surface area contributed by atoms with Crippen molar-refractivity contribution in [2.75, 3.05) is 32.8 Å². The molecule has 0 bridgehead atoms. The van der Waals surface area contributed by atoms with Gasteiger partial charge in [0, 0.05) is 36.5 Å². The molecule has 1 aliphatic rings. The molecule has 0 atom stereocenters. The minimum absolute atomic E-state index is 0.0427. The fourth-order valence-corrected chi connectivity index (χ4v) is 2.32. The zero-order valence-corrected chi connectivity index (χ0v) is 10.8. The molecule has 0 unspecified atom stereocenters. The van der Waals surface area contributed by atoms with Crippen molar-refractivity contribution in [2.24, 2.45) is 0 Å². The van der Waals surface area contributed by atoms with Crippen LogP contribution in [0.25, 0.3) is 0 Å². The van der Waals surface area contributed by atoms with Gasteiger partial charge in [-0.05, 0) is 0 Å². The summed E-state index contributed by atoms with van der Waals surface area (Å²) in [7, 11) is 1.54. The van der Waals surface area contributed by atoms with Gasteiger partial charge in [0.2, 0.25) is 0 Å². The lowest BCUT2D eigenvalue weighted by molar-refractivity contribution is 0.0359. The summed E-state index contributed by atoms with van der Waals surface area (Å²) in [6, 6.07) is 0. The first-order valence-electron chi connectivity index (χ1n) is 5.33. The van der Waals surface area contributed by atoms with Crippen LogP contribution in [0.3, 0.4) is 0 Å². The fraction of sp³-hybridized carbons (Fsp3) is 0.667. The largest absolute Gasteiger partial charge is 0.379 e. The van der Waals surface area contributed by atoms with Crippen LogP contribution in [0.1, 0.15) is 0 Å². The summed E-state index contributed by atoms with van der Waals surface area (Å²) in [5.41, 5.74) is 0. The van der Waals surface area contributed by atoms with Crippen molar-refractivity contribution in [3.8, 4) is 0 Å². The molecule has 0 N–H and O–H groups in total. The van der Waals surface area contributed by atoms with Crippen molar-refractivity contribution < 1.29 is 13.2 Å². The van der Waals surface area contributed by atoms with Crippen molar-refractivity contribution in [3.05, 3.63) is 12.4 Å². The third-order valence-electron chi connectivity index (χ3n) is 2.64. The van der Waals surface area contributed by atoms with E-state index in [1.54, 1.807) is 4.68 Å². The van der Waals surface area contributed by atoms with Gasteiger partial charge in [0.25, 0.3) is 9.05 Å². The van der Waals surface area contributed by atoms with Gasteiger partial charge in [-0.2, -0.15) is 5.10 Å². The summed E-state index contributed by atoms with van der Waals surface area (Å²) >= 11 is 0. The number of ether oxygens (including phenoxy) is 1. The smallest absolute Gasteiger partial charge is 0.264 e. The molecule has 0 amide bonds. The second kappa shape index (κ2) is 5.34. The van der Waals surface area contributed by atoms with Crippen LogP contribution in [0.15, 0.2) is 17.3 Å². The van der Waals surface area contributed by atoms with E-state index in [9.17, 15) is 8.42 Å². The van der Waals surface area contributed by atoms with Crippen LogP contribution in [-0.4, -0.2) is 55.9 Å². The molecule has 1 fully saturated rings. The SMILES string of the molecule is O=S(=O)(Cl)c1cnn(CCN2CCOCC2)c1. The Morgan fingerprint density at radius 3 is 2.65 bits per heavy atom. The second-order valence-corrected chi connectivity index (χ2v) is 6.40. The molecular formula is C9H14ClN3O3S. The lowest BCUT2D eigenvalue weighted by Crippen LogP contribution is -2.38. The maximum absolute atomic E-state index is 11.0. The van der Waals surface area contributed by atoms with E-state index in [-0.39, 0.29) is 4.90 Å². The summed E-state index contributed by atoms with van der Waals surface area (Å²) in [5, 5.41) is 3.96. The van der Waals surface area contributed by atoms with E-state index in [1.165, 1.54) is 12.4 Å². The highest BCUT2D eigenvalue weighted by molar-refractivity contribution is 8.13. The number of aromatic nitrogens is 2. The highest BCUT2D eigenvalue weighted by Crippen LogP contribution is 2.12. The summed E-state index contributed by atoms with van der Waals surface area (Å²) in [5.74, 6) is 0. The Balaban J connectivity index is 1.89. The number of nitrogens with zero attached hydrogens (tertiary/aromatic N) is 3. The van der Waals surface area contributed by atoms with Crippen molar-refractivity contribution in [1.82, 2.24) is 14.7 Å². The molecule has 0 saturated carbocycles. The third kappa shape index (κ3) is 3.67. The molecule has 8 heteroatoms. The Bertz CT molecular complexity index is 468. The number of morpholine rings is 1. The summed E-state index contributed by atoms with van der Waals surface area (Å²) in [6.07, 6.45) is 2.71. The van der Waals surface area contributed by atoms with Crippen LogP contribution in [0.2, 0.25) is 0 Å². The summed E-state index contributed by atoms with van der Waals surface area (Å²) < 4.78 is 28.9. The summed E-state index contributed by atoms with van der Waals surface area (Å²) in [4.78, 5) is 2.29. The molecule has 1 aromatic rings. The van der Waals surface area contributed by atoms with E-state index >= 15 is 0 Å². The van der Waals surface area contributed by atoms with Crippen LogP contribution in [0.5, 0.6) is 0 Å². The average molecular weight is 280 g/mol. The lowest BCUT2D eigenvalue weighted by Gasteiger charge is -2.26. The Kier molecular flexibility index (Phi) is 4.03. The highest BCUT2D eigenvalue weighted by Gasteiger charge is 2.14. The Morgan fingerprint density at radius 2 is 2.06 bits per heavy atom. The third-order valence-corrected chi connectivity index (χ3v) is 3.95. The predicted octanol–water partition coefficient (Wildman–Crippen LogP) is 0.143. The quantitative estimate of drug-likeness (QED) is 0.734. The van der Waals surface area contributed by atoms with E-state index in [0.29, 0.717) is 6.54 Å². The van der Waals surface area contributed by atoms with Gasteiger partial charge in [0.15, 0.2) is 0 Å². The summed E-state index contributed by atoms with van der Waals surface area (Å²) in [6.45, 7) is 4.78. The second-order valence-electron chi connectivity index (χ2n) is 3.83. The predicted molar refractivity (Wildman–Crippen MR) is 62.5 cm³/mol. The minimum atomic E-state index is -3.67. The van der Waals surface area contributed by atoms with Gasteiger partial charge in [-0.1, -0.05) is 0 Å². The van der Waals surface area contributed by atoms with Crippen molar-refractivity contribution in [2.45, 2.75) is 11.4 Å². The zero-order chi connectivity index (χ0) is 12.3. The monoisotopic (exact) mass is 279 g/mol. The van der Waals surface area contributed by atoms with Gasteiger partial charge in [0.1, 0.15) is 4.90 Å². The van der Waals surface area contributed by atoms with Crippen LogP contribution in [0, 0.1) is 0 Å². The molecule has 1 aliphatic heterocycles. The van der Waals surface area contributed by atoms with Crippen molar-refractivity contribution in [3.63, 3.8) is 0 Å². The maximum atomic E-state index is 11.0. The highest BCUT2D eigenvalue weighted by atomic mass is 35.7. The van der Waals surface area contributed by atoms with Gasteiger partial charge < -0.3 is 4.74 Å². The number of hydrogen-bond donors (Lipinski definition) is 0. The maximum Gasteiger partial charge on any atom is 0.264 e. The van der Waals surface area contributed by atoms with Crippen molar-refractivity contribution in [1.29, 1.82) is 0 Å². The van der Waals surface area contributed by atoms with Crippen LogP contribution >= 0.6 is 10.7 Å². The van der Waals surface area contributed by atoms with Gasteiger partial charge in [-0.3, -0.25) is 9.58 Å². The molecule has 2 rings (SSSR count). The first kappa shape index (κ1) is 12.8. The van der Waals surface area contributed by atoms with Gasteiger partial charge in [-0.25, -0.2) is 8.42 Å². The van der Waals surface area contributed by atoms with E-state index in [2.05, 4.69) is 10.00 Å². The molecule has 1 saturated heterocycles. The van der Waals surface area contributed by atoms with Crippen LogP contribution in [0.4, 0.5) is 0 Å². The molecule has 0 aromatic carbocycles. The molecule has 2 heterocycles. The van der Waals surface area contributed by atoms with E-state index in [1.807, 2.05) is 0 Å². The fourth-order valence-electron chi connectivity index (χ4n) is 1.66. The van der Waals surface area contributed by atoms with Gasteiger partial charge in [0.05, 0.1) is 26.0 Å². The Hall–Kier alpha value is -0.630. The molecular weight excluding hydrogens is 266 g/mol. The lowest BCUT2D eigenvalue weighted by atomic mass is 10.4. The van der Waals surface area contributed by atoms with Crippen LogP contribution < -0.4 is 0 Å². The molecule has 0 spiro atoms. The first-order chi connectivity index (χ1) is 8.05. The normalized spacial score (nSPS) is 18.4. The topological polar surface area (TPSA) is 64.4 Å². The van der Waals surface area contributed by atoms with Crippen molar-refractivity contribution >= 4 is 19.7 Å². The molecule has 17 heavy (non-hydrogen) atoms. The van der Waals surface area contributed by atoms with Crippen LogP contribution in [-0.2, 0) is 20.3 Å². The first-order valence-corrected chi connectivity index (χ1v) is 7.64. The minimum Gasteiger partial charge on any atom is -0.379 e. The Labute approximate surface area is 105 Å². The Morgan fingerprint density at radius 1 is 1.35 bits per heavy atom. The molecule has 6 nitrogen and oxygen atoms in total. The molecule has 0 aliphatic carbocycles. The number of hydrogen-bond acceptors (Lipinski definition) is 5. The average Bonchev–Trinajstić information content (AvgIpc) is 2.76. The standard InChI is InChI=1S/C9H14ClN3O3S/c10-17(14,15)9-7-11-13(8-9)2-1-12-3-5-16-6-4-12/h7-8H,1-6H2. The van der Waals surface area contributed by atoms with E-state index in [0.717, 1.165) is 32.8 Å². The molecule has 96 valence electrons. The van der Waals surface area contributed by atoms with E-state index in [4.69, 9.17) is 15.4 Å². The number of rotatable bonds is 4.